The maximum Gasteiger partial charge on any atom is 0.223 e. The molecular weight excluding hydrogens is 447 g/mol. The predicted molar refractivity (Wildman–Crippen MR) is 120 cm³/mol. The number of anilines is 1. The summed E-state index contributed by atoms with van der Waals surface area (Å²) >= 11 is 0. The van der Waals surface area contributed by atoms with Crippen LogP contribution in [-0.2, 0) is 25.2 Å². The molecule has 172 valence electrons. The quantitative estimate of drug-likeness (QED) is 0.547. The molecule has 3 aromatic rings. The Hall–Kier alpha value is -2.92. The number of hydrogen-bond acceptors (Lipinski definition) is 7. The summed E-state index contributed by atoms with van der Waals surface area (Å²) < 4.78 is 53.3. The van der Waals surface area contributed by atoms with Crippen LogP contribution < -0.4 is 10.0 Å². The number of nitrogens with zero attached hydrogens (tertiary/aromatic N) is 2. The van der Waals surface area contributed by atoms with Crippen molar-refractivity contribution in [3.63, 3.8) is 0 Å². The molecule has 0 aliphatic carbocycles. The first kappa shape index (κ1) is 21.9. The Kier molecular flexibility index (Phi) is 6.07. The van der Waals surface area contributed by atoms with Crippen molar-refractivity contribution >= 4 is 16.0 Å². The van der Waals surface area contributed by atoms with Gasteiger partial charge in [-0.15, -0.1) is 0 Å². The number of ether oxygens (including phenoxy) is 2. The molecule has 4 atom stereocenters. The van der Waals surface area contributed by atoms with Crippen molar-refractivity contribution in [1.29, 1.82) is 0 Å². The van der Waals surface area contributed by atoms with Crippen LogP contribution >= 0.6 is 0 Å². The summed E-state index contributed by atoms with van der Waals surface area (Å²) in [6.07, 6.45) is 0.828. The summed E-state index contributed by atoms with van der Waals surface area (Å²) in [4.78, 5) is 8.73. The van der Waals surface area contributed by atoms with Crippen molar-refractivity contribution < 1.29 is 22.3 Å². The number of fused-ring (bicyclic) bond motifs is 1. The van der Waals surface area contributed by atoms with Gasteiger partial charge in [-0.1, -0.05) is 42.5 Å². The molecule has 2 fully saturated rings. The average Bonchev–Trinajstić information content (AvgIpc) is 3.37. The van der Waals surface area contributed by atoms with Crippen LogP contribution in [0.2, 0.25) is 0 Å². The highest BCUT2D eigenvalue weighted by atomic mass is 32.2. The zero-order chi connectivity index (χ0) is 22.8. The Morgan fingerprint density at radius 2 is 1.73 bits per heavy atom. The summed E-state index contributed by atoms with van der Waals surface area (Å²) in [5.74, 6) is -0.0834. The van der Waals surface area contributed by atoms with Crippen molar-refractivity contribution in [2.75, 3.05) is 18.5 Å². The summed E-state index contributed by atoms with van der Waals surface area (Å²) in [7, 11) is -3.56. The molecule has 2 saturated heterocycles. The monoisotopic (exact) mass is 470 g/mol. The number of nitrogens with one attached hydrogen (secondary N) is 2. The van der Waals surface area contributed by atoms with Gasteiger partial charge in [0.1, 0.15) is 18.0 Å². The highest BCUT2D eigenvalue weighted by Crippen LogP contribution is 2.29. The van der Waals surface area contributed by atoms with Crippen LogP contribution in [0, 0.1) is 5.82 Å². The molecule has 2 aromatic carbocycles. The molecule has 10 heteroatoms. The van der Waals surface area contributed by atoms with Crippen LogP contribution in [0.15, 0.2) is 66.9 Å². The fourth-order valence-electron chi connectivity index (χ4n) is 4.19. The number of benzene rings is 2. The van der Waals surface area contributed by atoms with Crippen molar-refractivity contribution in [3.8, 4) is 11.3 Å². The Morgan fingerprint density at radius 1 is 0.970 bits per heavy atom. The smallest absolute Gasteiger partial charge is 0.223 e. The van der Waals surface area contributed by atoms with Crippen LogP contribution in [0.4, 0.5) is 10.3 Å². The molecule has 1 aromatic heterocycles. The van der Waals surface area contributed by atoms with E-state index in [1.54, 1.807) is 48.7 Å². The fraction of sp³-hybridized carbons (Fsp3) is 0.304. The fourth-order valence-corrected chi connectivity index (χ4v) is 5.57. The minimum Gasteiger partial charge on any atom is -0.371 e. The van der Waals surface area contributed by atoms with Gasteiger partial charge >= 0.3 is 0 Å². The normalized spacial score (nSPS) is 24.5. The van der Waals surface area contributed by atoms with Gasteiger partial charge in [0.2, 0.25) is 16.0 Å². The summed E-state index contributed by atoms with van der Waals surface area (Å²) in [5, 5.41) is 3.22. The topological polar surface area (TPSA) is 102 Å². The van der Waals surface area contributed by atoms with Gasteiger partial charge in [0, 0.05) is 11.8 Å². The average molecular weight is 471 g/mol. The number of hydrogen-bond donors (Lipinski definition) is 2. The first-order valence-corrected chi connectivity index (χ1v) is 12.2. The number of halogens is 1. The molecule has 2 N–H and O–H groups in total. The van der Waals surface area contributed by atoms with E-state index < -0.39 is 22.2 Å². The first-order valence-electron chi connectivity index (χ1n) is 10.6. The second-order valence-corrected chi connectivity index (χ2v) is 9.85. The number of rotatable bonds is 7. The van der Waals surface area contributed by atoms with Gasteiger partial charge in [-0.3, -0.25) is 0 Å². The maximum atomic E-state index is 13.6. The summed E-state index contributed by atoms with van der Waals surface area (Å²) in [6.45, 7) is 0.533. The van der Waals surface area contributed by atoms with Crippen LogP contribution in [-0.4, -0.2) is 55.9 Å². The molecule has 2 aliphatic rings. The molecule has 3 heterocycles. The van der Waals surface area contributed by atoms with Crippen LogP contribution in [0.25, 0.3) is 11.3 Å². The lowest BCUT2D eigenvalue weighted by Crippen LogP contribution is -2.45. The minimum absolute atomic E-state index is 0.107. The van der Waals surface area contributed by atoms with E-state index in [9.17, 15) is 12.8 Å². The Morgan fingerprint density at radius 3 is 2.52 bits per heavy atom. The lowest BCUT2D eigenvalue weighted by atomic mass is 10.1. The van der Waals surface area contributed by atoms with Gasteiger partial charge in [-0.25, -0.2) is 27.5 Å². The lowest BCUT2D eigenvalue weighted by Gasteiger charge is -2.18. The lowest BCUT2D eigenvalue weighted by molar-refractivity contribution is 0.0690. The molecule has 0 amide bonds. The standard InChI is InChI=1S/C23H23FN4O4S/c24-17-8-4-7-16(11-17)18-9-10-25-23(26-18)27-19-12-31-22-20(13-32-21(19)22)28-33(29,30)14-15-5-2-1-3-6-15/h1-11,19-22,28H,12-14H2,(H,25,26,27). The van der Waals surface area contributed by atoms with E-state index in [0.717, 1.165) is 0 Å². The molecule has 0 saturated carbocycles. The van der Waals surface area contributed by atoms with E-state index >= 15 is 0 Å². The van der Waals surface area contributed by atoms with Gasteiger partial charge < -0.3 is 14.8 Å². The van der Waals surface area contributed by atoms with Crippen LogP contribution in [0.5, 0.6) is 0 Å². The van der Waals surface area contributed by atoms with E-state index in [1.165, 1.54) is 12.1 Å². The van der Waals surface area contributed by atoms with Gasteiger partial charge in [0.25, 0.3) is 0 Å². The molecule has 0 radical (unpaired) electrons. The van der Waals surface area contributed by atoms with Gasteiger partial charge in [0.15, 0.2) is 0 Å². The molecule has 8 nitrogen and oxygen atoms in total. The molecule has 0 spiro atoms. The number of sulfonamides is 1. The SMILES string of the molecule is O=S(=O)(Cc1ccccc1)NC1COC2C(Nc3nccc(-c4cccc(F)c4)n3)COC12. The molecule has 4 unspecified atom stereocenters. The van der Waals surface area contributed by atoms with Gasteiger partial charge in [0.05, 0.1) is 36.7 Å². The van der Waals surface area contributed by atoms with E-state index in [0.29, 0.717) is 29.4 Å². The Labute approximate surface area is 191 Å². The number of aromatic nitrogens is 2. The first-order chi connectivity index (χ1) is 16.0. The zero-order valence-corrected chi connectivity index (χ0v) is 18.4. The van der Waals surface area contributed by atoms with Gasteiger partial charge in [-0.2, -0.15) is 0 Å². The molecule has 0 bridgehead atoms. The van der Waals surface area contributed by atoms with Crippen molar-refractivity contribution in [2.45, 2.75) is 30.0 Å². The second-order valence-electron chi connectivity index (χ2n) is 8.09. The van der Waals surface area contributed by atoms with Gasteiger partial charge in [-0.05, 0) is 23.8 Å². The third kappa shape index (κ3) is 5.03. The van der Waals surface area contributed by atoms with E-state index in [4.69, 9.17) is 9.47 Å². The van der Waals surface area contributed by atoms with Crippen molar-refractivity contribution in [1.82, 2.24) is 14.7 Å². The van der Waals surface area contributed by atoms with Crippen LogP contribution in [0.3, 0.4) is 0 Å². The van der Waals surface area contributed by atoms with Crippen molar-refractivity contribution in [3.05, 3.63) is 78.2 Å². The van der Waals surface area contributed by atoms with Crippen LogP contribution in [0.1, 0.15) is 5.56 Å². The van der Waals surface area contributed by atoms with E-state index in [-0.39, 0.29) is 30.3 Å². The molecule has 33 heavy (non-hydrogen) atoms. The molecule has 2 aliphatic heterocycles. The minimum atomic E-state index is -3.56. The Bertz CT molecular complexity index is 1230. The van der Waals surface area contributed by atoms with E-state index in [2.05, 4.69) is 20.0 Å². The summed E-state index contributed by atoms with van der Waals surface area (Å²) in [6, 6.07) is 16.2. The Balaban J connectivity index is 1.23. The molecular formula is C23H23FN4O4S. The van der Waals surface area contributed by atoms with E-state index in [1.807, 2.05) is 6.07 Å². The van der Waals surface area contributed by atoms with Crippen molar-refractivity contribution in [2.24, 2.45) is 0 Å². The largest absolute Gasteiger partial charge is 0.371 e. The maximum absolute atomic E-state index is 13.6. The summed E-state index contributed by atoms with van der Waals surface area (Å²) in [5.41, 5.74) is 1.94. The molecule has 5 rings (SSSR count). The second kappa shape index (κ2) is 9.14. The third-order valence-corrected chi connectivity index (χ3v) is 7.05. The predicted octanol–water partition coefficient (Wildman–Crippen LogP) is 2.35. The third-order valence-electron chi connectivity index (χ3n) is 5.67. The highest BCUT2D eigenvalue weighted by Gasteiger charge is 2.49. The zero-order valence-electron chi connectivity index (χ0n) is 17.6. The highest BCUT2D eigenvalue weighted by molar-refractivity contribution is 7.88.